The van der Waals surface area contributed by atoms with Crippen LogP contribution in [0, 0.1) is 5.41 Å². The Balaban J connectivity index is 2.23. The number of rotatable bonds is 4. The molecule has 0 radical (unpaired) electrons. The molecule has 90 valence electrons. The molecule has 0 atom stereocenters. The van der Waals surface area contributed by atoms with Gasteiger partial charge in [0.05, 0.1) is 0 Å². The van der Waals surface area contributed by atoms with Gasteiger partial charge in [0.1, 0.15) is 0 Å². The summed E-state index contributed by atoms with van der Waals surface area (Å²) in [5.41, 5.74) is 0.0301. The second kappa shape index (κ2) is 6.49. The Morgan fingerprint density at radius 1 is 1.07 bits per heavy atom. The minimum Gasteiger partial charge on any atom is -0.396 e. The van der Waals surface area contributed by atoms with E-state index in [4.69, 9.17) is 0 Å². The zero-order chi connectivity index (χ0) is 11.1. The molecule has 2 nitrogen and oxygen atoms in total. The molecular weight excluding hydrogens is 186 g/mol. The fraction of sp³-hybridized carbons (Fsp3) is 1.00. The van der Waals surface area contributed by atoms with Crippen molar-refractivity contribution in [3.8, 4) is 0 Å². The fourth-order valence-electron chi connectivity index (χ4n) is 2.14. The molecule has 0 spiro atoms. The lowest BCUT2D eigenvalue weighted by Crippen LogP contribution is -2.39. The third-order valence-electron chi connectivity index (χ3n) is 3.40. The second-order valence-corrected chi connectivity index (χ2v) is 5.75. The van der Waals surface area contributed by atoms with E-state index in [9.17, 15) is 5.11 Å². The maximum absolute atomic E-state index is 9.18. The Morgan fingerprint density at radius 2 is 1.60 bits per heavy atom. The van der Waals surface area contributed by atoms with E-state index >= 15 is 0 Å². The van der Waals surface area contributed by atoms with Crippen LogP contribution in [0.25, 0.3) is 0 Å². The number of aliphatic hydroxyl groups excluding tert-OH is 1. The van der Waals surface area contributed by atoms with Crippen molar-refractivity contribution in [3.63, 3.8) is 0 Å². The van der Waals surface area contributed by atoms with Crippen LogP contribution in [0.2, 0.25) is 0 Å². The second-order valence-electron chi connectivity index (χ2n) is 5.75. The lowest BCUT2D eigenvalue weighted by atomic mass is 9.92. The highest BCUT2D eigenvalue weighted by molar-refractivity contribution is 4.75. The van der Waals surface area contributed by atoms with Crippen LogP contribution in [0.1, 0.15) is 58.8 Å². The van der Waals surface area contributed by atoms with Crippen molar-refractivity contribution in [2.45, 2.75) is 64.8 Å². The van der Waals surface area contributed by atoms with E-state index in [1.165, 1.54) is 44.9 Å². The summed E-state index contributed by atoms with van der Waals surface area (Å²) in [6.07, 6.45) is 9.62. The summed E-state index contributed by atoms with van der Waals surface area (Å²) in [5.74, 6) is 0. The third kappa shape index (κ3) is 5.53. The molecule has 1 saturated carbocycles. The molecule has 0 aromatic carbocycles. The SMILES string of the molecule is CC(C)(CO)CNC1CCCCCCC1. The van der Waals surface area contributed by atoms with Gasteiger partial charge in [-0.15, -0.1) is 0 Å². The molecule has 0 saturated heterocycles. The van der Waals surface area contributed by atoms with E-state index in [0.717, 1.165) is 6.54 Å². The Morgan fingerprint density at radius 3 is 2.13 bits per heavy atom. The molecule has 1 fully saturated rings. The topological polar surface area (TPSA) is 32.3 Å². The zero-order valence-corrected chi connectivity index (χ0v) is 10.4. The first-order valence-electron chi connectivity index (χ1n) is 6.48. The average molecular weight is 213 g/mol. The van der Waals surface area contributed by atoms with Crippen molar-refractivity contribution in [3.05, 3.63) is 0 Å². The summed E-state index contributed by atoms with van der Waals surface area (Å²) in [6, 6.07) is 0.691. The first-order valence-corrected chi connectivity index (χ1v) is 6.48. The van der Waals surface area contributed by atoms with Crippen LogP contribution in [-0.2, 0) is 0 Å². The van der Waals surface area contributed by atoms with Crippen LogP contribution in [0.3, 0.4) is 0 Å². The molecule has 1 aliphatic carbocycles. The van der Waals surface area contributed by atoms with Crippen molar-refractivity contribution in [2.24, 2.45) is 5.41 Å². The Hall–Kier alpha value is -0.0800. The summed E-state index contributed by atoms with van der Waals surface area (Å²) in [5, 5.41) is 12.8. The minimum atomic E-state index is 0.0301. The van der Waals surface area contributed by atoms with Gasteiger partial charge in [-0.25, -0.2) is 0 Å². The summed E-state index contributed by atoms with van der Waals surface area (Å²) in [4.78, 5) is 0. The first-order chi connectivity index (χ1) is 7.14. The molecule has 15 heavy (non-hydrogen) atoms. The van der Waals surface area contributed by atoms with E-state index in [-0.39, 0.29) is 12.0 Å². The van der Waals surface area contributed by atoms with Gasteiger partial charge in [-0.2, -0.15) is 0 Å². The van der Waals surface area contributed by atoms with Gasteiger partial charge in [-0.05, 0) is 12.8 Å². The zero-order valence-electron chi connectivity index (χ0n) is 10.4. The molecule has 0 heterocycles. The quantitative estimate of drug-likeness (QED) is 0.752. The number of hydrogen-bond donors (Lipinski definition) is 2. The van der Waals surface area contributed by atoms with Crippen molar-refractivity contribution in [1.82, 2.24) is 5.32 Å². The molecule has 0 aromatic rings. The lowest BCUT2D eigenvalue weighted by molar-refractivity contribution is 0.151. The standard InChI is InChI=1S/C13H27NO/c1-13(2,11-15)10-14-12-8-6-4-3-5-7-9-12/h12,14-15H,3-11H2,1-2H3. The summed E-state index contributed by atoms with van der Waals surface area (Å²) >= 11 is 0. The number of nitrogens with one attached hydrogen (secondary N) is 1. The third-order valence-corrected chi connectivity index (χ3v) is 3.40. The van der Waals surface area contributed by atoms with Gasteiger partial charge >= 0.3 is 0 Å². The maximum Gasteiger partial charge on any atom is 0.0494 e. The molecular formula is C13H27NO. The van der Waals surface area contributed by atoms with Crippen LogP contribution >= 0.6 is 0 Å². The highest BCUT2D eigenvalue weighted by Crippen LogP contribution is 2.18. The summed E-state index contributed by atoms with van der Waals surface area (Å²) in [7, 11) is 0. The van der Waals surface area contributed by atoms with Gasteiger partial charge in [0.2, 0.25) is 0 Å². The average Bonchev–Trinajstić information content (AvgIpc) is 2.16. The predicted molar refractivity (Wildman–Crippen MR) is 65.0 cm³/mol. The highest BCUT2D eigenvalue weighted by Gasteiger charge is 2.18. The lowest BCUT2D eigenvalue weighted by Gasteiger charge is -2.27. The van der Waals surface area contributed by atoms with Gasteiger partial charge in [0.15, 0.2) is 0 Å². The molecule has 0 aliphatic heterocycles. The fourth-order valence-corrected chi connectivity index (χ4v) is 2.14. The molecule has 2 heteroatoms. The van der Waals surface area contributed by atoms with Gasteiger partial charge in [-0.1, -0.05) is 46.0 Å². The first kappa shape index (κ1) is 13.0. The monoisotopic (exact) mass is 213 g/mol. The normalized spacial score (nSPS) is 21.0. The van der Waals surface area contributed by atoms with E-state index < -0.39 is 0 Å². The van der Waals surface area contributed by atoms with Gasteiger partial charge < -0.3 is 10.4 Å². The van der Waals surface area contributed by atoms with Crippen molar-refractivity contribution >= 4 is 0 Å². The molecule has 1 rings (SSSR count). The Bertz CT molecular complexity index is 160. The van der Waals surface area contributed by atoms with Gasteiger partial charge in [0, 0.05) is 24.6 Å². The molecule has 0 unspecified atom stereocenters. The molecule has 0 amide bonds. The highest BCUT2D eigenvalue weighted by atomic mass is 16.3. The van der Waals surface area contributed by atoms with Crippen LogP contribution in [-0.4, -0.2) is 24.3 Å². The van der Waals surface area contributed by atoms with Crippen molar-refractivity contribution in [1.29, 1.82) is 0 Å². The largest absolute Gasteiger partial charge is 0.396 e. The van der Waals surface area contributed by atoms with Crippen LogP contribution < -0.4 is 5.32 Å². The smallest absolute Gasteiger partial charge is 0.0494 e. The van der Waals surface area contributed by atoms with Crippen LogP contribution in [0.5, 0.6) is 0 Å². The minimum absolute atomic E-state index is 0.0301. The van der Waals surface area contributed by atoms with Crippen molar-refractivity contribution < 1.29 is 5.11 Å². The Kier molecular flexibility index (Phi) is 5.62. The van der Waals surface area contributed by atoms with E-state index in [1.54, 1.807) is 0 Å². The van der Waals surface area contributed by atoms with Crippen LogP contribution in [0.4, 0.5) is 0 Å². The summed E-state index contributed by atoms with van der Waals surface area (Å²) in [6.45, 7) is 5.44. The molecule has 2 N–H and O–H groups in total. The van der Waals surface area contributed by atoms with Gasteiger partial charge in [-0.3, -0.25) is 0 Å². The maximum atomic E-state index is 9.18. The number of aliphatic hydroxyl groups is 1. The molecule has 0 aromatic heterocycles. The van der Waals surface area contributed by atoms with Crippen molar-refractivity contribution in [2.75, 3.05) is 13.2 Å². The van der Waals surface area contributed by atoms with E-state index in [2.05, 4.69) is 19.2 Å². The van der Waals surface area contributed by atoms with E-state index in [1.807, 2.05) is 0 Å². The van der Waals surface area contributed by atoms with Crippen LogP contribution in [0.15, 0.2) is 0 Å². The number of hydrogen-bond acceptors (Lipinski definition) is 2. The van der Waals surface area contributed by atoms with Gasteiger partial charge in [0.25, 0.3) is 0 Å². The van der Waals surface area contributed by atoms with E-state index in [0.29, 0.717) is 6.04 Å². The molecule has 0 bridgehead atoms. The Labute approximate surface area is 94.5 Å². The summed E-state index contributed by atoms with van der Waals surface area (Å²) < 4.78 is 0. The molecule has 1 aliphatic rings. The predicted octanol–water partition coefficient (Wildman–Crippen LogP) is 2.71.